The van der Waals surface area contributed by atoms with Crippen molar-refractivity contribution in [1.82, 2.24) is 9.88 Å². The quantitative estimate of drug-likeness (QED) is 0.920. The first kappa shape index (κ1) is 17.9. The molecule has 0 saturated carbocycles. The van der Waals surface area contributed by atoms with Crippen LogP contribution in [0.3, 0.4) is 0 Å². The first-order chi connectivity index (χ1) is 12.6. The molecule has 1 atom stereocenters. The topological polar surface area (TPSA) is 76.3 Å². The molecule has 1 aromatic carbocycles. The van der Waals surface area contributed by atoms with E-state index in [1.165, 1.54) is 18.5 Å². The lowest BCUT2D eigenvalue weighted by Crippen LogP contribution is -2.39. The Kier molecular flexibility index (Phi) is 5.79. The summed E-state index contributed by atoms with van der Waals surface area (Å²) in [5.41, 5.74) is 7.08. The molecule has 2 aromatic rings. The zero-order valence-electron chi connectivity index (χ0n) is 14.7. The second-order valence-electron chi connectivity index (χ2n) is 6.51. The Hall–Kier alpha value is -2.95. The molecule has 1 saturated heterocycles. The van der Waals surface area contributed by atoms with Gasteiger partial charge in [0.05, 0.1) is 17.2 Å². The van der Waals surface area contributed by atoms with Crippen molar-refractivity contribution < 1.29 is 9.59 Å². The van der Waals surface area contributed by atoms with E-state index in [1.54, 1.807) is 0 Å². The van der Waals surface area contributed by atoms with Crippen molar-refractivity contribution in [3.63, 3.8) is 0 Å². The number of aromatic nitrogens is 1. The molecule has 26 heavy (non-hydrogen) atoms. The minimum Gasteiger partial charge on any atom is -0.366 e. The molecule has 2 amide bonds. The Morgan fingerprint density at radius 1 is 1.08 bits per heavy atom. The molecule has 134 valence electrons. The zero-order valence-corrected chi connectivity index (χ0v) is 14.7. The Morgan fingerprint density at radius 3 is 2.62 bits per heavy atom. The van der Waals surface area contributed by atoms with Gasteiger partial charge in [-0.05, 0) is 24.5 Å². The van der Waals surface area contributed by atoms with Gasteiger partial charge in [0.25, 0.3) is 5.91 Å². The lowest BCUT2D eigenvalue weighted by Gasteiger charge is -2.28. The third-order valence-corrected chi connectivity index (χ3v) is 4.64. The summed E-state index contributed by atoms with van der Waals surface area (Å²) in [6, 6.07) is 11.6. The first-order valence-corrected chi connectivity index (χ1v) is 8.94. The van der Waals surface area contributed by atoms with Gasteiger partial charge in [-0.25, -0.2) is 0 Å². The van der Waals surface area contributed by atoms with Gasteiger partial charge in [0.15, 0.2) is 0 Å². The average Bonchev–Trinajstić information content (AvgIpc) is 2.92. The first-order valence-electron chi connectivity index (χ1n) is 8.94. The third kappa shape index (κ3) is 4.36. The Labute approximate surface area is 153 Å². The van der Waals surface area contributed by atoms with Crippen LogP contribution in [-0.4, -0.2) is 34.3 Å². The molecular weight excluding hydrogens is 326 g/mol. The summed E-state index contributed by atoms with van der Waals surface area (Å²) < 4.78 is 0. The largest absolute Gasteiger partial charge is 0.366 e. The number of hydrogen-bond acceptors (Lipinski definition) is 3. The lowest BCUT2D eigenvalue weighted by molar-refractivity contribution is 0.0718. The molecule has 1 fully saturated rings. The van der Waals surface area contributed by atoms with E-state index in [0.29, 0.717) is 12.1 Å². The van der Waals surface area contributed by atoms with Crippen molar-refractivity contribution in [2.24, 2.45) is 5.73 Å². The van der Waals surface area contributed by atoms with Crippen molar-refractivity contribution in [1.29, 1.82) is 0 Å². The van der Waals surface area contributed by atoms with E-state index in [4.69, 9.17) is 5.73 Å². The van der Waals surface area contributed by atoms with Gasteiger partial charge >= 0.3 is 0 Å². The van der Waals surface area contributed by atoms with Crippen molar-refractivity contribution in [3.8, 4) is 0 Å². The summed E-state index contributed by atoms with van der Waals surface area (Å²) in [5, 5.41) is 0. The van der Waals surface area contributed by atoms with Gasteiger partial charge in [-0.1, -0.05) is 55.3 Å². The van der Waals surface area contributed by atoms with E-state index < -0.39 is 5.91 Å². The summed E-state index contributed by atoms with van der Waals surface area (Å²) in [7, 11) is 0. The molecule has 0 radical (unpaired) electrons. The van der Waals surface area contributed by atoms with Gasteiger partial charge in [0.2, 0.25) is 5.91 Å². The fraction of sp³-hybridized carbons (Fsp3) is 0.286. The molecule has 1 aliphatic heterocycles. The normalized spacial score (nSPS) is 17.8. The lowest BCUT2D eigenvalue weighted by atomic mass is 10.1. The number of nitrogens with two attached hydrogens (primary N) is 1. The fourth-order valence-electron chi connectivity index (χ4n) is 3.23. The van der Waals surface area contributed by atoms with Gasteiger partial charge in [-0.15, -0.1) is 0 Å². The fourth-order valence-corrected chi connectivity index (χ4v) is 3.23. The molecule has 0 bridgehead atoms. The highest BCUT2D eigenvalue weighted by molar-refractivity contribution is 5.98. The smallest absolute Gasteiger partial charge is 0.255 e. The minimum atomic E-state index is -0.580. The molecule has 1 aromatic heterocycles. The average molecular weight is 349 g/mol. The maximum Gasteiger partial charge on any atom is 0.255 e. The predicted molar refractivity (Wildman–Crippen MR) is 102 cm³/mol. The van der Waals surface area contributed by atoms with Crippen LogP contribution in [0.25, 0.3) is 6.08 Å². The SMILES string of the molecule is NC(=O)c1cncc(C(=O)N2CCCCCC2C=Cc2ccccc2)c1. The summed E-state index contributed by atoms with van der Waals surface area (Å²) in [5.74, 6) is -0.686. The van der Waals surface area contributed by atoms with E-state index in [-0.39, 0.29) is 17.5 Å². The van der Waals surface area contributed by atoms with Gasteiger partial charge in [0.1, 0.15) is 0 Å². The number of amides is 2. The molecule has 5 heteroatoms. The predicted octanol–water partition coefficient (Wildman–Crippen LogP) is 3.28. The van der Waals surface area contributed by atoms with Crippen LogP contribution < -0.4 is 5.73 Å². The van der Waals surface area contributed by atoms with Crippen LogP contribution in [-0.2, 0) is 0 Å². The van der Waals surface area contributed by atoms with Crippen LogP contribution in [0.4, 0.5) is 0 Å². The molecule has 1 unspecified atom stereocenters. The van der Waals surface area contributed by atoms with Crippen LogP contribution >= 0.6 is 0 Å². The number of likely N-dealkylation sites (tertiary alicyclic amines) is 1. The van der Waals surface area contributed by atoms with Crippen molar-refractivity contribution in [2.75, 3.05) is 6.54 Å². The van der Waals surface area contributed by atoms with Gasteiger partial charge < -0.3 is 10.6 Å². The number of hydrogen-bond donors (Lipinski definition) is 1. The maximum atomic E-state index is 13.0. The number of rotatable bonds is 4. The van der Waals surface area contributed by atoms with E-state index in [1.807, 2.05) is 35.2 Å². The molecular formula is C21H23N3O2. The summed E-state index contributed by atoms with van der Waals surface area (Å²) in [6.45, 7) is 0.698. The number of benzene rings is 1. The highest BCUT2D eigenvalue weighted by Crippen LogP contribution is 2.21. The van der Waals surface area contributed by atoms with Gasteiger partial charge in [-0.2, -0.15) is 0 Å². The van der Waals surface area contributed by atoms with E-state index in [2.05, 4.69) is 17.1 Å². The molecule has 5 nitrogen and oxygen atoms in total. The Balaban J connectivity index is 1.84. The third-order valence-electron chi connectivity index (χ3n) is 4.64. The molecule has 3 rings (SSSR count). The summed E-state index contributed by atoms with van der Waals surface area (Å²) in [6.07, 6.45) is 11.2. The number of pyridine rings is 1. The number of carbonyl (C=O) groups is 2. The highest BCUT2D eigenvalue weighted by Gasteiger charge is 2.25. The summed E-state index contributed by atoms with van der Waals surface area (Å²) >= 11 is 0. The Bertz CT molecular complexity index is 802. The van der Waals surface area contributed by atoms with Crippen molar-refractivity contribution >= 4 is 17.9 Å². The van der Waals surface area contributed by atoms with Crippen LogP contribution in [0.5, 0.6) is 0 Å². The molecule has 0 spiro atoms. The maximum absolute atomic E-state index is 13.0. The Morgan fingerprint density at radius 2 is 1.85 bits per heavy atom. The second kappa shape index (κ2) is 8.43. The van der Waals surface area contributed by atoms with Crippen LogP contribution in [0, 0.1) is 0 Å². The van der Waals surface area contributed by atoms with Crippen LogP contribution in [0.15, 0.2) is 54.9 Å². The molecule has 2 heterocycles. The standard InChI is InChI=1S/C21H23N3O2/c22-20(25)17-13-18(15-23-14-17)21(26)24-12-6-2-5-9-19(24)11-10-16-7-3-1-4-8-16/h1,3-4,7-8,10-11,13-15,19H,2,5-6,9,12H2,(H2,22,25). The molecule has 1 aliphatic rings. The second-order valence-corrected chi connectivity index (χ2v) is 6.51. The van der Waals surface area contributed by atoms with Crippen LogP contribution in [0.1, 0.15) is 52.0 Å². The van der Waals surface area contributed by atoms with Crippen molar-refractivity contribution in [2.45, 2.75) is 31.7 Å². The van der Waals surface area contributed by atoms with E-state index >= 15 is 0 Å². The van der Waals surface area contributed by atoms with E-state index in [0.717, 1.165) is 31.2 Å². The monoisotopic (exact) mass is 349 g/mol. The zero-order chi connectivity index (χ0) is 18.4. The van der Waals surface area contributed by atoms with E-state index in [9.17, 15) is 9.59 Å². The molecule has 0 aliphatic carbocycles. The molecule has 2 N–H and O–H groups in total. The van der Waals surface area contributed by atoms with Gasteiger partial charge in [0, 0.05) is 18.9 Å². The number of primary amides is 1. The van der Waals surface area contributed by atoms with Gasteiger partial charge in [-0.3, -0.25) is 14.6 Å². The summed E-state index contributed by atoms with van der Waals surface area (Å²) in [4.78, 5) is 30.3. The highest BCUT2D eigenvalue weighted by atomic mass is 16.2. The van der Waals surface area contributed by atoms with Crippen molar-refractivity contribution in [3.05, 3.63) is 71.6 Å². The number of carbonyl (C=O) groups excluding carboxylic acids is 2. The number of nitrogens with zero attached hydrogens (tertiary/aromatic N) is 2. The van der Waals surface area contributed by atoms with Crippen LogP contribution in [0.2, 0.25) is 0 Å². The minimum absolute atomic E-state index is 0.0300.